The zero-order chi connectivity index (χ0) is 11.7. The molecule has 16 heavy (non-hydrogen) atoms. The van der Waals surface area contributed by atoms with Crippen molar-refractivity contribution in [3.05, 3.63) is 29.6 Å². The molecule has 0 N–H and O–H groups in total. The molecule has 0 aliphatic carbocycles. The number of nitrogens with zero attached hydrogens (tertiary/aromatic N) is 2. The van der Waals surface area contributed by atoms with Gasteiger partial charge in [0.2, 0.25) is 0 Å². The molecule has 0 spiro atoms. The highest BCUT2D eigenvalue weighted by molar-refractivity contribution is 5.54. The summed E-state index contributed by atoms with van der Waals surface area (Å²) in [6.07, 6.45) is 0. The Morgan fingerprint density at radius 3 is 2.69 bits per heavy atom. The normalized spacial score (nSPS) is 22.5. The van der Waals surface area contributed by atoms with Crippen molar-refractivity contribution >= 4 is 5.69 Å². The van der Waals surface area contributed by atoms with E-state index in [2.05, 4.69) is 23.8 Å². The smallest absolute Gasteiger partial charge is 0.123 e. The third-order valence-corrected chi connectivity index (χ3v) is 3.30. The molecule has 1 aromatic rings. The van der Waals surface area contributed by atoms with E-state index in [1.165, 1.54) is 5.69 Å². The molecule has 1 saturated heterocycles. The van der Waals surface area contributed by atoms with E-state index in [9.17, 15) is 4.39 Å². The van der Waals surface area contributed by atoms with Crippen molar-refractivity contribution in [1.82, 2.24) is 4.90 Å². The second-order valence-electron chi connectivity index (χ2n) is 4.74. The molecule has 2 rings (SSSR count). The number of anilines is 1. The van der Waals surface area contributed by atoms with E-state index in [0.717, 1.165) is 25.2 Å². The zero-order valence-corrected chi connectivity index (χ0v) is 10.2. The van der Waals surface area contributed by atoms with Crippen molar-refractivity contribution in [2.24, 2.45) is 0 Å². The van der Waals surface area contributed by atoms with Gasteiger partial charge in [0.15, 0.2) is 0 Å². The summed E-state index contributed by atoms with van der Waals surface area (Å²) in [5.74, 6) is -0.150. The number of rotatable bonds is 1. The van der Waals surface area contributed by atoms with Crippen molar-refractivity contribution < 1.29 is 4.39 Å². The fourth-order valence-electron chi connectivity index (χ4n) is 2.44. The fourth-order valence-corrected chi connectivity index (χ4v) is 2.44. The number of hydrogen-bond donors (Lipinski definition) is 0. The first-order valence-electron chi connectivity index (χ1n) is 5.79. The molecule has 1 aliphatic rings. The number of halogens is 1. The predicted molar refractivity (Wildman–Crippen MR) is 65.4 cm³/mol. The molecule has 1 heterocycles. The monoisotopic (exact) mass is 222 g/mol. The average molecular weight is 222 g/mol. The third-order valence-electron chi connectivity index (χ3n) is 3.30. The van der Waals surface area contributed by atoms with Crippen molar-refractivity contribution in [3.63, 3.8) is 0 Å². The second kappa shape index (κ2) is 4.42. The molecule has 0 radical (unpaired) electrons. The van der Waals surface area contributed by atoms with E-state index in [1.54, 1.807) is 12.1 Å². The van der Waals surface area contributed by atoms with Crippen molar-refractivity contribution in [2.75, 3.05) is 31.6 Å². The lowest BCUT2D eigenvalue weighted by atomic mass is 10.1. The van der Waals surface area contributed by atoms with Crippen molar-refractivity contribution in [3.8, 4) is 0 Å². The van der Waals surface area contributed by atoms with Crippen molar-refractivity contribution in [1.29, 1.82) is 0 Å². The number of piperazine rings is 1. The summed E-state index contributed by atoms with van der Waals surface area (Å²) < 4.78 is 13.0. The lowest BCUT2D eigenvalue weighted by Gasteiger charge is -2.40. The van der Waals surface area contributed by atoms with Crippen LogP contribution in [0, 0.1) is 12.7 Å². The zero-order valence-electron chi connectivity index (χ0n) is 10.2. The fraction of sp³-hybridized carbons (Fsp3) is 0.538. The van der Waals surface area contributed by atoms with E-state index in [1.807, 2.05) is 13.0 Å². The molecular weight excluding hydrogens is 203 g/mol. The van der Waals surface area contributed by atoms with Crippen LogP contribution in [-0.2, 0) is 0 Å². The molecule has 1 atom stereocenters. The van der Waals surface area contributed by atoms with Gasteiger partial charge in [-0.05, 0) is 44.7 Å². The van der Waals surface area contributed by atoms with Crippen LogP contribution in [-0.4, -0.2) is 37.6 Å². The SMILES string of the molecule is Cc1cc(F)ccc1N1CCN(C)C[C@H]1C. The van der Waals surface area contributed by atoms with Gasteiger partial charge in [0.25, 0.3) is 0 Å². The van der Waals surface area contributed by atoms with Gasteiger partial charge in [0.1, 0.15) is 5.82 Å². The Morgan fingerprint density at radius 2 is 2.06 bits per heavy atom. The number of aryl methyl sites for hydroxylation is 1. The molecule has 2 nitrogen and oxygen atoms in total. The lowest BCUT2D eigenvalue weighted by molar-refractivity contribution is 0.275. The maximum Gasteiger partial charge on any atom is 0.123 e. The summed E-state index contributed by atoms with van der Waals surface area (Å²) in [5.41, 5.74) is 2.19. The van der Waals surface area contributed by atoms with E-state index >= 15 is 0 Å². The Labute approximate surface area is 96.7 Å². The predicted octanol–water partition coefficient (Wildman–Crippen LogP) is 2.27. The second-order valence-corrected chi connectivity index (χ2v) is 4.74. The van der Waals surface area contributed by atoms with Crippen LogP contribution in [0.2, 0.25) is 0 Å². The van der Waals surface area contributed by atoms with Gasteiger partial charge in [-0.15, -0.1) is 0 Å². The lowest BCUT2D eigenvalue weighted by Crippen LogP contribution is -2.50. The Balaban J connectivity index is 2.23. The molecular formula is C13H19FN2. The molecule has 0 aromatic heterocycles. The molecule has 1 fully saturated rings. The van der Waals surface area contributed by atoms with E-state index in [0.29, 0.717) is 6.04 Å². The molecule has 3 heteroatoms. The highest BCUT2D eigenvalue weighted by atomic mass is 19.1. The van der Waals surface area contributed by atoms with Gasteiger partial charge in [-0.2, -0.15) is 0 Å². The number of benzene rings is 1. The van der Waals surface area contributed by atoms with E-state index in [4.69, 9.17) is 0 Å². The highest BCUT2D eigenvalue weighted by Crippen LogP contribution is 2.24. The molecule has 1 aliphatic heterocycles. The summed E-state index contributed by atoms with van der Waals surface area (Å²) in [7, 11) is 2.14. The quantitative estimate of drug-likeness (QED) is 0.719. The standard InChI is InChI=1S/C13H19FN2/c1-10-8-12(14)4-5-13(10)16-7-6-15(3)9-11(16)2/h4-5,8,11H,6-7,9H2,1-3H3/t11-/m1/s1. The van der Waals surface area contributed by atoms with Gasteiger partial charge in [0.05, 0.1) is 0 Å². The topological polar surface area (TPSA) is 6.48 Å². The average Bonchev–Trinajstić information content (AvgIpc) is 2.19. The Hall–Kier alpha value is -1.09. The number of hydrogen-bond acceptors (Lipinski definition) is 2. The first kappa shape index (κ1) is 11.4. The molecule has 0 unspecified atom stereocenters. The minimum Gasteiger partial charge on any atom is -0.366 e. The minimum atomic E-state index is -0.150. The van der Waals surface area contributed by atoms with E-state index < -0.39 is 0 Å². The maximum atomic E-state index is 13.0. The van der Waals surface area contributed by atoms with Crippen molar-refractivity contribution in [2.45, 2.75) is 19.9 Å². The van der Waals surface area contributed by atoms with Crippen LogP contribution in [0.1, 0.15) is 12.5 Å². The molecule has 0 bridgehead atoms. The van der Waals surface area contributed by atoms with Gasteiger partial charge in [0, 0.05) is 31.4 Å². The molecule has 0 saturated carbocycles. The van der Waals surface area contributed by atoms with Gasteiger partial charge in [-0.3, -0.25) is 0 Å². The van der Waals surface area contributed by atoms with E-state index in [-0.39, 0.29) is 5.82 Å². The Morgan fingerprint density at radius 1 is 1.31 bits per heavy atom. The summed E-state index contributed by atoms with van der Waals surface area (Å²) in [5, 5.41) is 0. The first-order valence-corrected chi connectivity index (χ1v) is 5.79. The van der Waals surface area contributed by atoms with Crippen LogP contribution in [0.25, 0.3) is 0 Å². The maximum absolute atomic E-state index is 13.0. The summed E-state index contributed by atoms with van der Waals surface area (Å²) >= 11 is 0. The van der Waals surface area contributed by atoms with Crippen LogP contribution in [0.15, 0.2) is 18.2 Å². The highest BCUT2D eigenvalue weighted by Gasteiger charge is 2.22. The van der Waals surface area contributed by atoms with Crippen LogP contribution < -0.4 is 4.90 Å². The van der Waals surface area contributed by atoms with Gasteiger partial charge < -0.3 is 9.80 Å². The Kier molecular flexibility index (Phi) is 3.15. The molecule has 1 aromatic carbocycles. The summed E-state index contributed by atoms with van der Waals surface area (Å²) in [4.78, 5) is 4.70. The van der Waals surface area contributed by atoms with Gasteiger partial charge in [-0.1, -0.05) is 0 Å². The molecule has 0 amide bonds. The molecule has 88 valence electrons. The van der Waals surface area contributed by atoms with Crippen LogP contribution in [0.4, 0.5) is 10.1 Å². The van der Waals surface area contributed by atoms with Gasteiger partial charge in [-0.25, -0.2) is 4.39 Å². The number of likely N-dealkylation sites (N-methyl/N-ethyl adjacent to an activating group) is 1. The Bertz CT molecular complexity index is 378. The first-order chi connectivity index (χ1) is 7.58. The third kappa shape index (κ3) is 2.19. The van der Waals surface area contributed by atoms with Gasteiger partial charge >= 0.3 is 0 Å². The summed E-state index contributed by atoms with van der Waals surface area (Å²) in [6.45, 7) is 7.35. The van der Waals surface area contributed by atoms with Crippen LogP contribution >= 0.6 is 0 Å². The van der Waals surface area contributed by atoms with Crippen LogP contribution in [0.3, 0.4) is 0 Å². The largest absolute Gasteiger partial charge is 0.366 e. The minimum absolute atomic E-state index is 0.150. The summed E-state index contributed by atoms with van der Waals surface area (Å²) in [6, 6.07) is 5.54. The van der Waals surface area contributed by atoms with Crippen LogP contribution in [0.5, 0.6) is 0 Å².